The van der Waals surface area contributed by atoms with Crippen molar-refractivity contribution in [2.45, 2.75) is 29.8 Å². The molecule has 1 saturated heterocycles. The second kappa shape index (κ2) is 11.1. The summed E-state index contributed by atoms with van der Waals surface area (Å²) in [5.74, 6) is 0.442. The average Bonchev–Trinajstić information content (AvgIpc) is 3.31. The predicted octanol–water partition coefficient (Wildman–Crippen LogP) is 4.11. The van der Waals surface area contributed by atoms with Crippen LogP contribution in [-0.2, 0) is 9.53 Å². The number of ether oxygens (including phenoxy) is 1. The number of amides is 1. The fourth-order valence-corrected chi connectivity index (χ4v) is 5.00. The third kappa shape index (κ3) is 5.84. The Morgan fingerprint density at radius 3 is 2.72 bits per heavy atom. The zero-order valence-corrected chi connectivity index (χ0v) is 21.0. The number of nitrogens with two attached hydrogens (primary N) is 1. The number of H-pyrrole nitrogens is 1. The molecule has 186 valence electrons. The van der Waals surface area contributed by atoms with Crippen LogP contribution in [0.2, 0.25) is 0 Å². The maximum atomic E-state index is 12.3. The number of anilines is 2. The van der Waals surface area contributed by atoms with Crippen molar-refractivity contribution in [3.05, 3.63) is 54.2 Å². The van der Waals surface area contributed by atoms with Gasteiger partial charge in [0.15, 0.2) is 5.16 Å². The lowest BCUT2D eigenvalue weighted by atomic mass is 10.1. The molecule has 1 aliphatic heterocycles. The molecular weight excluding hydrogens is 474 g/mol. The topological polar surface area (TPSA) is 122 Å². The van der Waals surface area contributed by atoms with Crippen LogP contribution >= 0.6 is 11.8 Å². The van der Waals surface area contributed by atoms with E-state index in [4.69, 9.17) is 15.5 Å². The van der Waals surface area contributed by atoms with E-state index in [0.29, 0.717) is 17.4 Å². The first-order chi connectivity index (χ1) is 17.5. The van der Waals surface area contributed by atoms with E-state index in [1.807, 2.05) is 55.5 Å². The highest BCUT2D eigenvalue weighted by Gasteiger charge is 2.14. The van der Waals surface area contributed by atoms with Gasteiger partial charge in [-0.3, -0.25) is 14.8 Å². The van der Waals surface area contributed by atoms with Gasteiger partial charge in [-0.15, -0.1) is 0 Å². The highest BCUT2D eigenvalue weighted by atomic mass is 32.2. The van der Waals surface area contributed by atoms with E-state index in [0.717, 1.165) is 77.7 Å². The van der Waals surface area contributed by atoms with Gasteiger partial charge in [0.05, 0.1) is 29.8 Å². The van der Waals surface area contributed by atoms with Gasteiger partial charge >= 0.3 is 0 Å². The van der Waals surface area contributed by atoms with Crippen molar-refractivity contribution in [3.8, 4) is 11.3 Å². The number of morpholine rings is 1. The molecule has 5 rings (SSSR count). The standard InChI is InChI=1S/C26H29N7O2S/c1-17-16-22(32-31-17)20-4-2-5-21-24(20)25(27)30-26(29-21)36-19-9-7-18(8-10-19)28-23(34)6-3-11-33-12-14-35-15-13-33/h2,4-5,7-10,16H,3,6,11-15H2,1H3,(H,28,34)(H,31,32)(H2,27,29,30). The molecule has 36 heavy (non-hydrogen) atoms. The van der Waals surface area contributed by atoms with E-state index < -0.39 is 0 Å². The monoisotopic (exact) mass is 503 g/mol. The number of carbonyl (C=O) groups excluding carboxylic acids is 1. The number of aryl methyl sites for hydroxylation is 1. The Kier molecular flexibility index (Phi) is 7.45. The molecule has 0 bridgehead atoms. The second-order valence-corrected chi connectivity index (χ2v) is 9.80. The fraction of sp³-hybridized carbons (Fsp3) is 0.308. The molecule has 1 fully saturated rings. The van der Waals surface area contributed by atoms with Crippen LogP contribution in [0.15, 0.2) is 58.6 Å². The lowest BCUT2D eigenvalue weighted by molar-refractivity contribution is -0.116. The van der Waals surface area contributed by atoms with Crippen LogP contribution in [0.1, 0.15) is 18.5 Å². The molecule has 1 aliphatic rings. The smallest absolute Gasteiger partial charge is 0.224 e. The maximum Gasteiger partial charge on any atom is 0.224 e. The zero-order chi connectivity index (χ0) is 24.9. The van der Waals surface area contributed by atoms with Gasteiger partial charge in [0, 0.05) is 41.4 Å². The molecule has 0 spiro atoms. The molecule has 0 aliphatic carbocycles. The van der Waals surface area contributed by atoms with Gasteiger partial charge in [-0.1, -0.05) is 12.1 Å². The fourth-order valence-electron chi connectivity index (χ4n) is 4.23. The molecule has 1 amide bonds. The van der Waals surface area contributed by atoms with Crippen LogP contribution in [0, 0.1) is 6.92 Å². The highest BCUT2D eigenvalue weighted by molar-refractivity contribution is 7.99. The van der Waals surface area contributed by atoms with E-state index in [1.165, 1.54) is 11.8 Å². The molecule has 0 unspecified atom stereocenters. The maximum absolute atomic E-state index is 12.3. The molecule has 0 atom stereocenters. The number of aromatic nitrogens is 4. The third-order valence-electron chi connectivity index (χ3n) is 6.04. The summed E-state index contributed by atoms with van der Waals surface area (Å²) in [6.45, 7) is 6.32. The SMILES string of the molecule is Cc1cc(-c2cccc3nc(Sc4ccc(NC(=O)CCCN5CCOCC5)cc4)nc(N)c23)n[nH]1. The Hall–Kier alpha value is -3.47. The zero-order valence-electron chi connectivity index (χ0n) is 20.2. The predicted molar refractivity (Wildman–Crippen MR) is 142 cm³/mol. The van der Waals surface area contributed by atoms with Crippen LogP contribution in [0.5, 0.6) is 0 Å². The van der Waals surface area contributed by atoms with Gasteiger partial charge in [0.25, 0.3) is 0 Å². The van der Waals surface area contributed by atoms with Crippen molar-refractivity contribution in [3.63, 3.8) is 0 Å². The molecule has 2 aromatic carbocycles. The Labute approximate surface area is 213 Å². The average molecular weight is 504 g/mol. The molecule has 4 N–H and O–H groups in total. The van der Waals surface area contributed by atoms with Gasteiger partial charge < -0.3 is 15.8 Å². The number of hydrogen-bond acceptors (Lipinski definition) is 8. The number of nitrogen functional groups attached to an aromatic ring is 1. The van der Waals surface area contributed by atoms with Gasteiger partial charge in [-0.05, 0) is 68.0 Å². The summed E-state index contributed by atoms with van der Waals surface area (Å²) in [7, 11) is 0. The molecule has 0 saturated carbocycles. The summed E-state index contributed by atoms with van der Waals surface area (Å²) < 4.78 is 5.36. The van der Waals surface area contributed by atoms with E-state index in [1.54, 1.807) is 0 Å². The number of hydrogen-bond donors (Lipinski definition) is 3. The number of nitrogens with one attached hydrogen (secondary N) is 2. The van der Waals surface area contributed by atoms with Gasteiger partial charge in [-0.2, -0.15) is 5.10 Å². The first-order valence-electron chi connectivity index (χ1n) is 12.0. The summed E-state index contributed by atoms with van der Waals surface area (Å²) in [5, 5.41) is 11.7. The van der Waals surface area contributed by atoms with Crippen LogP contribution in [0.4, 0.5) is 11.5 Å². The van der Waals surface area contributed by atoms with Crippen LogP contribution in [0.25, 0.3) is 22.2 Å². The molecule has 3 heterocycles. The largest absolute Gasteiger partial charge is 0.383 e. The first kappa shape index (κ1) is 24.2. The highest BCUT2D eigenvalue weighted by Crippen LogP contribution is 2.33. The van der Waals surface area contributed by atoms with E-state index in [9.17, 15) is 4.79 Å². The Balaban J connectivity index is 1.21. The molecule has 9 nitrogen and oxygen atoms in total. The summed E-state index contributed by atoms with van der Waals surface area (Å²) >= 11 is 1.43. The van der Waals surface area contributed by atoms with Crippen molar-refractivity contribution in [1.29, 1.82) is 0 Å². The quantitative estimate of drug-likeness (QED) is 0.307. The lowest BCUT2D eigenvalue weighted by Gasteiger charge is -2.26. The number of fused-ring (bicyclic) bond motifs is 1. The van der Waals surface area contributed by atoms with Gasteiger partial charge in [-0.25, -0.2) is 9.97 Å². The van der Waals surface area contributed by atoms with Crippen molar-refractivity contribution >= 4 is 40.1 Å². The Morgan fingerprint density at radius 2 is 1.97 bits per heavy atom. The van der Waals surface area contributed by atoms with Crippen LogP contribution < -0.4 is 11.1 Å². The van der Waals surface area contributed by atoms with Gasteiger partial charge in [0.1, 0.15) is 5.82 Å². The minimum Gasteiger partial charge on any atom is -0.383 e. The lowest BCUT2D eigenvalue weighted by Crippen LogP contribution is -2.37. The van der Waals surface area contributed by atoms with Crippen LogP contribution in [0.3, 0.4) is 0 Å². The second-order valence-electron chi connectivity index (χ2n) is 8.76. The molecule has 0 radical (unpaired) electrons. The summed E-state index contributed by atoms with van der Waals surface area (Å²) in [6, 6.07) is 15.5. The minimum atomic E-state index is 0.0252. The minimum absolute atomic E-state index is 0.0252. The number of nitrogens with zero attached hydrogens (tertiary/aromatic N) is 4. The van der Waals surface area contributed by atoms with Crippen molar-refractivity contribution < 1.29 is 9.53 Å². The van der Waals surface area contributed by atoms with Crippen molar-refractivity contribution in [2.24, 2.45) is 0 Å². The van der Waals surface area contributed by atoms with Crippen molar-refractivity contribution in [2.75, 3.05) is 43.9 Å². The van der Waals surface area contributed by atoms with Gasteiger partial charge in [0.2, 0.25) is 5.91 Å². The summed E-state index contributed by atoms with van der Waals surface area (Å²) in [5.41, 5.74) is 10.6. The van der Waals surface area contributed by atoms with E-state index in [-0.39, 0.29) is 5.91 Å². The third-order valence-corrected chi connectivity index (χ3v) is 6.91. The van der Waals surface area contributed by atoms with E-state index in [2.05, 4.69) is 25.4 Å². The number of benzene rings is 2. The first-order valence-corrected chi connectivity index (χ1v) is 12.8. The molecule has 2 aromatic heterocycles. The summed E-state index contributed by atoms with van der Waals surface area (Å²) in [6.07, 6.45) is 1.33. The Morgan fingerprint density at radius 1 is 1.17 bits per heavy atom. The Bertz CT molecular complexity index is 1350. The molecule has 10 heteroatoms. The number of aromatic amines is 1. The molecule has 4 aromatic rings. The summed E-state index contributed by atoms with van der Waals surface area (Å²) in [4.78, 5) is 24.9. The normalized spacial score (nSPS) is 14.2. The van der Waals surface area contributed by atoms with Crippen LogP contribution in [-0.4, -0.2) is 63.8 Å². The van der Waals surface area contributed by atoms with Crippen molar-refractivity contribution in [1.82, 2.24) is 25.1 Å². The number of carbonyl (C=O) groups is 1. The number of rotatable bonds is 8. The van der Waals surface area contributed by atoms with E-state index >= 15 is 0 Å². The molecular formula is C26H29N7O2S.